The number of unbranched alkanes of at least 4 members (excludes halogenated alkanes) is 1. The van der Waals surface area contributed by atoms with E-state index in [2.05, 4.69) is 5.32 Å². The minimum Gasteiger partial charge on any atom is -0.316 e. The second-order valence-electron chi connectivity index (χ2n) is 7.60. The molecule has 1 aromatic rings. The van der Waals surface area contributed by atoms with E-state index >= 15 is 0 Å². The van der Waals surface area contributed by atoms with Gasteiger partial charge in [-0.2, -0.15) is 0 Å². The highest BCUT2D eigenvalue weighted by Crippen LogP contribution is 2.41. The highest BCUT2D eigenvalue weighted by molar-refractivity contribution is 5.76. The fourth-order valence-electron chi connectivity index (χ4n) is 4.52. The van der Waals surface area contributed by atoms with Gasteiger partial charge < -0.3 is 5.32 Å². The van der Waals surface area contributed by atoms with Gasteiger partial charge in [0, 0.05) is 6.42 Å². The molecule has 3 unspecified atom stereocenters. The van der Waals surface area contributed by atoms with Gasteiger partial charge in [0.1, 0.15) is 0 Å². The fourth-order valence-corrected chi connectivity index (χ4v) is 4.52. The van der Waals surface area contributed by atoms with Gasteiger partial charge >= 0.3 is 6.30 Å². The van der Waals surface area contributed by atoms with Crippen molar-refractivity contribution in [3.8, 4) is 0 Å². The zero-order valence-corrected chi connectivity index (χ0v) is 15.0. The van der Waals surface area contributed by atoms with Crippen LogP contribution in [0.5, 0.6) is 0 Å². The SMILES string of the molecule is O=C(CCCCC1CCC2CNCC12)N(Cc1ccccc1)C(F)(F)F. The molecule has 3 atom stereocenters. The van der Waals surface area contributed by atoms with Crippen molar-refractivity contribution >= 4 is 5.91 Å². The Morgan fingerprint density at radius 2 is 1.88 bits per heavy atom. The Morgan fingerprint density at radius 3 is 2.62 bits per heavy atom. The first-order valence-electron chi connectivity index (χ1n) is 9.57. The van der Waals surface area contributed by atoms with Crippen LogP contribution >= 0.6 is 0 Å². The van der Waals surface area contributed by atoms with E-state index in [0.29, 0.717) is 17.9 Å². The third-order valence-corrected chi connectivity index (χ3v) is 5.91. The Balaban J connectivity index is 1.45. The van der Waals surface area contributed by atoms with E-state index in [9.17, 15) is 18.0 Å². The molecule has 1 saturated heterocycles. The van der Waals surface area contributed by atoms with Crippen molar-refractivity contribution < 1.29 is 18.0 Å². The Labute approximate surface area is 152 Å². The molecule has 0 spiro atoms. The molecule has 3 rings (SSSR count). The van der Waals surface area contributed by atoms with Gasteiger partial charge in [0.25, 0.3) is 0 Å². The molecule has 1 saturated carbocycles. The number of carbonyl (C=O) groups excluding carboxylic acids is 1. The number of rotatable bonds is 7. The van der Waals surface area contributed by atoms with Crippen molar-refractivity contribution in [3.63, 3.8) is 0 Å². The first kappa shape index (κ1) is 19.2. The van der Waals surface area contributed by atoms with E-state index < -0.39 is 18.8 Å². The highest BCUT2D eigenvalue weighted by Gasteiger charge is 2.41. The van der Waals surface area contributed by atoms with Crippen molar-refractivity contribution in [2.24, 2.45) is 17.8 Å². The maximum atomic E-state index is 13.3. The third kappa shape index (κ3) is 4.78. The van der Waals surface area contributed by atoms with Gasteiger partial charge in [0.15, 0.2) is 0 Å². The van der Waals surface area contributed by atoms with Crippen molar-refractivity contribution in [2.45, 2.75) is 51.4 Å². The summed E-state index contributed by atoms with van der Waals surface area (Å²) in [6.45, 7) is 1.77. The summed E-state index contributed by atoms with van der Waals surface area (Å²) in [4.78, 5) is 12.2. The molecule has 1 aliphatic heterocycles. The summed E-state index contributed by atoms with van der Waals surface area (Å²) in [5.74, 6) is 1.37. The number of nitrogens with zero attached hydrogens (tertiary/aromatic N) is 1. The van der Waals surface area contributed by atoms with E-state index in [1.807, 2.05) is 0 Å². The maximum Gasteiger partial charge on any atom is 0.487 e. The van der Waals surface area contributed by atoms with E-state index in [0.717, 1.165) is 37.8 Å². The van der Waals surface area contributed by atoms with Gasteiger partial charge in [-0.25, -0.2) is 4.90 Å². The van der Waals surface area contributed by atoms with Gasteiger partial charge in [-0.15, -0.1) is 13.2 Å². The molecule has 1 heterocycles. The summed E-state index contributed by atoms with van der Waals surface area (Å²) in [5, 5.41) is 3.43. The number of amides is 1. The van der Waals surface area contributed by atoms with E-state index in [1.165, 1.54) is 12.8 Å². The van der Waals surface area contributed by atoms with Crippen molar-refractivity contribution in [3.05, 3.63) is 35.9 Å². The Bertz CT molecular complexity index is 590. The second-order valence-corrected chi connectivity index (χ2v) is 7.60. The van der Waals surface area contributed by atoms with Crippen molar-refractivity contribution in [2.75, 3.05) is 13.1 Å². The van der Waals surface area contributed by atoms with Crippen LogP contribution in [0.25, 0.3) is 0 Å². The maximum absolute atomic E-state index is 13.3. The van der Waals surface area contributed by atoms with Crippen LogP contribution in [0.4, 0.5) is 13.2 Å². The predicted molar refractivity (Wildman–Crippen MR) is 94.1 cm³/mol. The van der Waals surface area contributed by atoms with Crippen LogP contribution in [-0.2, 0) is 11.3 Å². The van der Waals surface area contributed by atoms with Crippen LogP contribution in [0.15, 0.2) is 30.3 Å². The molecule has 1 amide bonds. The molecule has 1 N–H and O–H groups in total. The number of carbonyl (C=O) groups is 1. The van der Waals surface area contributed by atoms with Gasteiger partial charge in [-0.1, -0.05) is 43.2 Å². The molecular formula is C20H27F3N2O. The number of hydrogen-bond donors (Lipinski definition) is 1. The topological polar surface area (TPSA) is 32.3 Å². The van der Waals surface area contributed by atoms with E-state index in [-0.39, 0.29) is 11.3 Å². The molecule has 0 bridgehead atoms. The van der Waals surface area contributed by atoms with Crippen LogP contribution in [0.2, 0.25) is 0 Å². The van der Waals surface area contributed by atoms with Crippen LogP contribution in [0, 0.1) is 17.8 Å². The third-order valence-electron chi connectivity index (χ3n) is 5.91. The molecule has 2 aliphatic rings. The monoisotopic (exact) mass is 368 g/mol. The van der Waals surface area contributed by atoms with Crippen LogP contribution in [0.1, 0.15) is 44.1 Å². The normalized spacial score (nSPS) is 25.3. The van der Waals surface area contributed by atoms with Crippen LogP contribution in [-0.4, -0.2) is 30.2 Å². The Morgan fingerprint density at radius 1 is 1.12 bits per heavy atom. The largest absolute Gasteiger partial charge is 0.487 e. The molecule has 1 aliphatic carbocycles. The number of benzene rings is 1. The molecule has 0 aromatic heterocycles. The number of hydrogen-bond acceptors (Lipinski definition) is 2. The summed E-state index contributed by atoms with van der Waals surface area (Å²) < 4.78 is 39.8. The van der Waals surface area contributed by atoms with Gasteiger partial charge in [-0.3, -0.25) is 4.79 Å². The number of alkyl halides is 3. The lowest BCUT2D eigenvalue weighted by Gasteiger charge is -2.25. The molecule has 144 valence electrons. The smallest absolute Gasteiger partial charge is 0.316 e. The molecule has 2 fully saturated rings. The molecule has 0 radical (unpaired) electrons. The summed E-state index contributed by atoms with van der Waals surface area (Å²) in [7, 11) is 0. The number of halogens is 3. The van der Waals surface area contributed by atoms with Crippen molar-refractivity contribution in [1.82, 2.24) is 10.2 Å². The molecule has 3 nitrogen and oxygen atoms in total. The number of fused-ring (bicyclic) bond motifs is 1. The molecule has 6 heteroatoms. The Hall–Kier alpha value is -1.56. The Kier molecular flexibility index (Phi) is 6.22. The van der Waals surface area contributed by atoms with Crippen LogP contribution < -0.4 is 5.32 Å². The first-order valence-corrected chi connectivity index (χ1v) is 9.57. The standard InChI is InChI=1S/C20H27F3N2O/c21-20(22,23)25(14-15-6-2-1-3-7-15)19(26)9-5-4-8-16-10-11-17-12-24-13-18(16)17/h1-3,6-7,16-18,24H,4-5,8-14H2. The first-order chi connectivity index (χ1) is 12.4. The van der Waals surface area contributed by atoms with E-state index in [4.69, 9.17) is 0 Å². The lowest BCUT2D eigenvalue weighted by molar-refractivity contribution is -0.243. The average Bonchev–Trinajstić information content (AvgIpc) is 3.20. The highest BCUT2D eigenvalue weighted by atomic mass is 19.4. The minimum atomic E-state index is -4.64. The molecule has 26 heavy (non-hydrogen) atoms. The van der Waals surface area contributed by atoms with E-state index in [1.54, 1.807) is 30.3 Å². The van der Waals surface area contributed by atoms with Crippen molar-refractivity contribution in [1.29, 1.82) is 0 Å². The molecule has 1 aromatic carbocycles. The van der Waals surface area contributed by atoms with Gasteiger partial charge in [0.2, 0.25) is 5.91 Å². The zero-order chi connectivity index (χ0) is 18.6. The summed E-state index contributed by atoms with van der Waals surface area (Å²) >= 11 is 0. The summed E-state index contributed by atoms with van der Waals surface area (Å²) in [5.41, 5.74) is 0.490. The van der Waals surface area contributed by atoms with Gasteiger partial charge in [0.05, 0.1) is 6.54 Å². The lowest BCUT2D eigenvalue weighted by Crippen LogP contribution is -2.42. The number of nitrogens with one attached hydrogen (secondary N) is 1. The zero-order valence-electron chi connectivity index (χ0n) is 15.0. The predicted octanol–water partition coefficient (Wildman–Crippen LogP) is 4.34. The second kappa shape index (κ2) is 8.42. The quantitative estimate of drug-likeness (QED) is 0.574. The lowest BCUT2D eigenvalue weighted by atomic mass is 9.88. The molecular weight excluding hydrogens is 341 g/mol. The minimum absolute atomic E-state index is 0.0363. The van der Waals surface area contributed by atoms with Crippen LogP contribution in [0.3, 0.4) is 0 Å². The fraction of sp³-hybridized carbons (Fsp3) is 0.650. The summed E-state index contributed by atoms with van der Waals surface area (Å²) in [6, 6.07) is 8.33. The summed E-state index contributed by atoms with van der Waals surface area (Å²) in [6.07, 6.45) is 0.208. The van der Waals surface area contributed by atoms with Gasteiger partial charge in [-0.05, 0) is 55.7 Å². The average molecular weight is 368 g/mol.